The zero-order chi connectivity index (χ0) is 23.5. The van der Waals surface area contributed by atoms with Crippen LogP contribution in [0.15, 0.2) is 29.5 Å². The van der Waals surface area contributed by atoms with Crippen molar-refractivity contribution >= 4 is 23.3 Å². The van der Waals surface area contributed by atoms with Crippen LogP contribution in [0, 0.1) is 11.6 Å². The number of aliphatic hydroxyl groups is 1. The van der Waals surface area contributed by atoms with E-state index in [0.717, 1.165) is 36.5 Å². The Morgan fingerprint density at radius 3 is 2.59 bits per heavy atom. The maximum atomic E-state index is 14.8. The Balaban J connectivity index is 1.86. The Kier molecular flexibility index (Phi) is 7.27. The maximum absolute atomic E-state index is 14.8. The van der Waals surface area contributed by atoms with Crippen LogP contribution in [-0.2, 0) is 11.3 Å². The maximum Gasteiger partial charge on any atom is 0.252 e. The van der Waals surface area contributed by atoms with Gasteiger partial charge in [0.15, 0.2) is 5.84 Å². The second-order valence-electron chi connectivity index (χ2n) is 7.80. The van der Waals surface area contributed by atoms with Gasteiger partial charge in [-0.3, -0.25) is 9.78 Å². The summed E-state index contributed by atoms with van der Waals surface area (Å²) in [5.74, 6) is 3.20. The van der Waals surface area contributed by atoms with E-state index in [1.165, 1.54) is 19.3 Å². The van der Waals surface area contributed by atoms with Crippen LogP contribution in [-0.4, -0.2) is 39.6 Å². The number of hydrazone groups is 1. The zero-order valence-corrected chi connectivity index (χ0v) is 18.3. The van der Waals surface area contributed by atoms with Crippen molar-refractivity contribution < 1.29 is 18.7 Å². The van der Waals surface area contributed by atoms with Crippen LogP contribution in [0.1, 0.15) is 43.4 Å². The fraction of sp³-hybridized carbons (Fsp3) is 0.381. The summed E-state index contributed by atoms with van der Waals surface area (Å²) in [6, 6.07) is 3.61. The van der Waals surface area contributed by atoms with Crippen molar-refractivity contribution in [3.05, 3.63) is 52.3 Å². The molecule has 0 bridgehead atoms. The molecule has 0 spiro atoms. The van der Waals surface area contributed by atoms with Gasteiger partial charge in [0.2, 0.25) is 0 Å². The Morgan fingerprint density at radius 2 is 1.97 bits per heavy atom. The van der Waals surface area contributed by atoms with E-state index in [2.05, 4.69) is 15.4 Å². The Bertz CT molecular complexity index is 1040. The summed E-state index contributed by atoms with van der Waals surface area (Å²) >= 11 is 5.98. The van der Waals surface area contributed by atoms with Gasteiger partial charge in [0, 0.05) is 23.8 Å². The molecule has 0 saturated heterocycles. The van der Waals surface area contributed by atoms with E-state index in [1.54, 1.807) is 0 Å². The van der Waals surface area contributed by atoms with E-state index in [4.69, 9.17) is 23.2 Å². The number of nitrogens with two attached hydrogens (primary N) is 2. The number of rotatable bonds is 6. The fourth-order valence-electron chi connectivity index (χ4n) is 3.72. The van der Waals surface area contributed by atoms with E-state index in [0.29, 0.717) is 12.8 Å². The molecule has 11 heteroatoms. The molecule has 1 aliphatic rings. The van der Waals surface area contributed by atoms with Crippen molar-refractivity contribution in [2.75, 3.05) is 7.05 Å². The highest BCUT2D eigenvalue weighted by Crippen LogP contribution is 2.31. The predicted octanol–water partition coefficient (Wildman–Crippen LogP) is 2.42. The monoisotopic (exact) mass is 466 g/mol. The standard InChI is InChI=1S/C21H25ClF2N6O2/c1-30(26)29-19(25)18-14(8-13(22)9-16(18)24)12-7-15(23)17(27-10-12)11-28-20(31)21(32)5-3-2-4-6-21/h7-10,32H,2-6,11,26H2,1H3,(H2,25,29)(H,28,31). The minimum atomic E-state index is -1.44. The van der Waals surface area contributed by atoms with Crippen molar-refractivity contribution in [1.29, 1.82) is 0 Å². The molecule has 1 heterocycles. The normalized spacial score (nSPS) is 16.0. The third-order valence-electron chi connectivity index (χ3n) is 5.32. The SMILES string of the molecule is CN(N)/N=C(\N)c1c(F)cc(Cl)cc1-c1cnc(CNC(=O)C2(O)CCCCC2)c(F)c1. The average Bonchev–Trinajstić information content (AvgIpc) is 2.71. The predicted molar refractivity (Wildman–Crippen MR) is 117 cm³/mol. The fourth-order valence-corrected chi connectivity index (χ4v) is 3.92. The first-order chi connectivity index (χ1) is 15.1. The summed E-state index contributed by atoms with van der Waals surface area (Å²) in [7, 11) is 1.41. The Labute approximate surface area is 189 Å². The van der Waals surface area contributed by atoms with Gasteiger partial charge in [0.05, 0.1) is 17.8 Å². The van der Waals surface area contributed by atoms with Crippen LogP contribution in [0.5, 0.6) is 0 Å². The lowest BCUT2D eigenvalue weighted by atomic mass is 9.84. The van der Waals surface area contributed by atoms with Gasteiger partial charge in [-0.15, -0.1) is 5.10 Å². The van der Waals surface area contributed by atoms with Crippen molar-refractivity contribution in [2.24, 2.45) is 16.7 Å². The number of hydrogen-bond donors (Lipinski definition) is 4. The van der Waals surface area contributed by atoms with Crippen LogP contribution < -0.4 is 16.9 Å². The molecule has 2 aromatic rings. The van der Waals surface area contributed by atoms with Crippen molar-refractivity contribution in [2.45, 2.75) is 44.2 Å². The Morgan fingerprint density at radius 1 is 1.28 bits per heavy atom. The topological polar surface area (TPSA) is 130 Å². The molecule has 172 valence electrons. The van der Waals surface area contributed by atoms with Gasteiger partial charge in [-0.05, 0) is 36.6 Å². The number of hydrogen-bond acceptors (Lipinski definition) is 6. The van der Waals surface area contributed by atoms with Crippen molar-refractivity contribution in [1.82, 2.24) is 15.4 Å². The number of carbonyl (C=O) groups is 1. The second kappa shape index (κ2) is 9.76. The van der Waals surface area contributed by atoms with Gasteiger partial charge < -0.3 is 16.2 Å². The molecule has 1 aromatic carbocycles. The molecule has 1 aliphatic carbocycles. The minimum absolute atomic E-state index is 0.0334. The first-order valence-corrected chi connectivity index (χ1v) is 10.5. The summed E-state index contributed by atoms with van der Waals surface area (Å²) in [5, 5.41) is 17.8. The number of hydrazine groups is 1. The summed E-state index contributed by atoms with van der Waals surface area (Å²) in [4.78, 5) is 16.4. The van der Waals surface area contributed by atoms with Crippen LogP contribution in [0.25, 0.3) is 11.1 Å². The smallest absolute Gasteiger partial charge is 0.252 e. The quantitative estimate of drug-likeness (QED) is 0.224. The minimum Gasteiger partial charge on any atom is -0.382 e. The molecule has 1 aromatic heterocycles. The van der Waals surface area contributed by atoms with Gasteiger partial charge in [-0.25, -0.2) is 19.7 Å². The second-order valence-corrected chi connectivity index (χ2v) is 8.23. The molecule has 3 rings (SSSR count). The molecule has 0 atom stereocenters. The third kappa shape index (κ3) is 5.32. The number of aromatic nitrogens is 1. The van der Waals surface area contributed by atoms with Gasteiger partial charge in [-0.1, -0.05) is 30.9 Å². The molecule has 1 saturated carbocycles. The van der Waals surface area contributed by atoms with Crippen molar-refractivity contribution in [3.8, 4) is 11.1 Å². The molecule has 0 radical (unpaired) electrons. The third-order valence-corrected chi connectivity index (χ3v) is 5.54. The average molecular weight is 467 g/mol. The number of benzene rings is 1. The Hall–Kier alpha value is -2.82. The highest BCUT2D eigenvalue weighted by Gasteiger charge is 2.36. The number of pyridine rings is 1. The lowest BCUT2D eigenvalue weighted by Gasteiger charge is -2.30. The highest BCUT2D eigenvalue weighted by atomic mass is 35.5. The summed E-state index contributed by atoms with van der Waals surface area (Å²) in [6.45, 7) is -0.203. The summed E-state index contributed by atoms with van der Waals surface area (Å²) in [5.41, 5.74) is 4.69. The van der Waals surface area contributed by atoms with Crippen LogP contribution >= 0.6 is 11.6 Å². The largest absolute Gasteiger partial charge is 0.382 e. The molecule has 32 heavy (non-hydrogen) atoms. The van der Waals surface area contributed by atoms with E-state index >= 15 is 0 Å². The molecule has 1 amide bonds. The van der Waals surface area contributed by atoms with Gasteiger partial charge >= 0.3 is 0 Å². The highest BCUT2D eigenvalue weighted by molar-refractivity contribution is 6.31. The number of amides is 1. The van der Waals surface area contributed by atoms with Crippen molar-refractivity contribution in [3.63, 3.8) is 0 Å². The number of halogens is 3. The van der Waals surface area contributed by atoms with E-state index in [1.807, 2.05) is 0 Å². The van der Waals surface area contributed by atoms with Gasteiger partial charge in [0.25, 0.3) is 5.91 Å². The first-order valence-electron chi connectivity index (χ1n) is 10.1. The van der Waals surface area contributed by atoms with E-state index in [9.17, 15) is 18.7 Å². The van der Waals surface area contributed by atoms with Crippen LogP contribution in [0.3, 0.4) is 0 Å². The molecular weight excluding hydrogens is 442 g/mol. The molecule has 0 aliphatic heterocycles. The van der Waals surface area contributed by atoms with Gasteiger partial charge in [-0.2, -0.15) is 0 Å². The molecular formula is C21H25ClF2N6O2. The number of carbonyl (C=O) groups excluding carboxylic acids is 1. The first kappa shape index (κ1) is 23.8. The van der Waals surface area contributed by atoms with Crippen LogP contribution in [0.2, 0.25) is 5.02 Å². The molecule has 8 nitrogen and oxygen atoms in total. The summed E-state index contributed by atoms with van der Waals surface area (Å²) < 4.78 is 29.4. The van der Waals surface area contributed by atoms with Gasteiger partial charge in [0.1, 0.15) is 17.2 Å². The number of nitrogens with one attached hydrogen (secondary N) is 1. The zero-order valence-electron chi connectivity index (χ0n) is 17.5. The summed E-state index contributed by atoms with van der Waals surface area (Å²) in [6.07, 6.45) is 4.55. The van der Waals surface area contributed by atoms with Crippen LogP contribution in [0.4, 0.5) is 8.78 Å². The lowest BCUT2D eigenvalue weighted by Crippen LogP contribution is -2.47. The number of nitrogens with zero attached hydrogens (tertiary/aromatic N) is 3. The number of amidine groups is 1. The van der Waals surface area contributed by atoms with E-state index in [-0.39, 0.29) is 39.8 Å². The molecule has 0 unspecified atom stereocenters. The lowest BCUT2D eigenvalue weighted by molar-refractivity contribution is -0.143. The molecule has 6 N–H and O–H groups in total. The van der Waals surface area contributed by atoms with E-state index < -0.39 is 23.1 Å². The molecule has 1 fully saturated rings.